The molecule has 1 N–H and O–H groups in total. The second-order valence-corrected chi connectivity index (χ2v) is 3.36. The van der Waals surface area contributed by atoms with Crippen LogP contribution in [0.15, 0.2) is 12.3 Å². The van der Waals surface area contributed by atoms with E-state index in [0.717, 1.165) is 18.1 Å². The summed E-state index contributed by atoms with van der Waals surface area (Å²) in [6.07, 6.45) is 4.11. The molecule has 72 valence electrons. The molecular weight excluding hydrogens is 162 g/mol. The molecule has 0 aliphatic carbocycles. The van der Waals surface area contributed by atoms with Crippen LogP contribution in [0.3, 0.4) is 0 Å². The number of anilines is 1. The van der Waals surface area contributed by atoms with Crippen molar-refractivity contribution in [3.05, 3.63) is 18.0 Å². The van der Waals surface area contributed by atoms with Gasteiger partial charge in [0.15, 0.2) is 0 Å². The van der Waals surface area contributed by atoms with Crippen LogP contribution < -0.4 is 5.32 Å². The van der Waals surface area contributed by atoms with Gasteiger partial charge in [0.2, 0.25) is 5.95 Å². The molecule has 13 heavy (non-hydrogen) atoms. The molecule has 0 bridgehead atoms. The standard InChI is InChI=1S/C10H17N3/c1-4-5-8(2)12-10-11-7-6-9(3)13-10/h6-8H,4-5H2,1-3H3,(H,11,12,13). The Balaban J connectivity index is 2.53. The topological polar surface area (TPSA) is 37.8 Å². The van der Waals surface area contributed by atoms with Crippen molar-refractivity contribution in [1.82, 2.24) is 9.97 Å². The highest BCUT2D eigenvalue weighted by atomic mass is 15.1. The normalized spacial score (nSPS) is 12.5. The largest absolute Gasteiger partial charge is 0.352 e. The fraction of sp³-hybridized carbons (Fsp3) is 0.600. The lowest BCUT2D eigenvalue weighted by Crippen LogP contribution is -2.16. The van der Waals surface area contributed by atoms with Crippen LogP contribution in [0.2, 0.25) is 0 Å². The average molecular weight is 179 g/mol. The van der Waals surface area contributed by atoms with Crippen LogP contribution in [0.1, 0.15) is 32.4 Å². The van der Waals surface area contributed by atoms with Crippen LogP contribution >= 0.6 is 0 Å². The van der Waals surface area contributed by atoms with E-state index in [-0.39, 0.29) is 0 Å². The van der Waals surface area contributed by atoms with Crippen LogP contribution in [0.25, 0.3) is 0 Å². The van der Waals surface area contributed by atoms with Crippen LogP contribution in [-0.2, 0) is 0 Å². The maximum absolute atomic E-state index is 4.27. The Kier molecular flexibility index (Phi) is 3.68. The van der Waals surface area contributed by atoms with E-state index in [1.807, 2.05) is 13.0 Å². The van der Waals surface area contributed by atoms with E-state index >= 15 is 0 Å². The second-order valence-electron chi connectivity index (χ2n) is 3.36. The molecule has 1 atom stereocenters. The molecule has 1 unspecified atom stereocenters. The average Bonchev–Trinajstić information content (AvgIpc) is 2.04. The first-order valence-corrected chi connectivity index (χ1v) is 4.78. The van der Waals surface area contributed by atoms with Crippen LogP contribution in [-0.4, -0.2) is 16.0 Å². The number of nitrogens with zero attached hydrogens (tertiary/aromatic N) is 2. The second kappa shape index (κ2) is 4.80. The zero-order valence-corrected chi connectivity index (χ0v) is 8.54. The van der Waals surface area contributed by atoms with Crippen molar-refractivity contribution >= 4 is 5.95 Å². The number of aryl methyl sites for hydroxylation is 1. The molecular formula is C10H17N3. The molecule has 0 fully saturated rings. The van der Waals surface area contributed by atoms with Crippen molar-refractivity contribution in [3.8, 4) is 0 Å². The molecule has 0 aromatic carbocycles. The predicted octanol–water partition coefficient (Wildman–Crippen LogP) is 2.39. The van der Waals surface area contributed by atoms with Crippen LogP contribution in [0.4, 0.5) is 5.95 Å². The Labute approximate surface area is 79.6 Å². The number of rotatable bonds is 4. The molecule has 1 heterocycles. The van der Waals surface area contributed by atoms with Crippen molar-refractivity contribution in [1.29, 1.82) is 0 Å². The minimum absolute atomic E-state index is 0.451. The summed E-state index contributed by atoms with van der Waals surface area (Å²) >= 11 is 0. The summed E-state index contributed by atoms with van der Waals surface area (Å²) < 4.78 is 0. The molecule has 0 aliphatic rings. The van der Waals surface area contributed by atoms with Crippen molar-refractivity contribution in [2.45, 2.75) is 39.7 Å². The van der Waals surface area contributed by atoms with E-state index in [1.165, 1.54) is 6.42 Å². The molecule has 1 aromatic rings. The number of nitrogens with one attached hydrogen (secondary N) is 1. The first-order valence-electron chi connectivity index (χ1n) is 4.78. The first-order chi connectivity index (χ1) is 6.22. The number of hydrogen-bond acceptors (Lipinski definition) is 3. The molecule has 0 saturated carbocycles. The molecule has 1 aromatic heterocycles. The van der Waals surface area contributed by atoms with Gasteiger partial charge in [-0.1, -0.05) is 13.3 Å². The molecule has 0 amide bonds. The Morgan fingerprint density at radius 2 is 2.31 bits per heavy atom. The number of hydrogen-bond donors (Lipinski definition) is 1. The maximum atomic E-state index is 4.27. The van der Waals surface area contributed by atoms with Crippen molar-refractivity contribution < 1.29 is 0 Å². The SMILES string of the molecule is CCCC(C)Nc1nccc(C)n1. The first kappa shape index (κ1) is 9.96. The van der Waals surface area contributed by atoms with Crippen molar-refractivity contribution in [2.24, 2.45) is 0 Å². The fourth-order valence-corrected chi connectivity index (χ4v) is 1.24. The van der Waals surface area contributed by atoms with E-state index in [0.29, 0.717) is 6.04 Å². The summed E-state index contributed by atoms with van der Waals surface area (Å²) in [5, 5.41) is 3.26. The molecule has 0 radical (unpaired) electrons. The minimum Gasteiger partial charge on any atom is -0.352 e. The highest BCUT2D eigenvalue weighted by molar-refractivity contribution is 5.25. The molecule has 0 saturated heterocycles. The zero-order valence-electron chi connectivity index (χ0n) is 8.54. The third-order valence-electron chi connectivity index (χ3n) is 1.89. The molecule has 0 spiro atoms. The summed E-state index contributed by atoms with van der Waals surface area (Å²) in [5.41, 5.74) is 1.00. The van der Waals surface area contributed by atoms with E-state index in [2.05, 4.69) is 29.1 Å². The lowest BCUT2D eigenvalue weighted by atomic mass is 10.2. The Morgan fingerprint density at radius 1 is 1.54 bits per heavy atom. The third-order valence-corrected chi connectivity index (χ3v) is 1.89. The zero-order chi connectivity index (χ0) is 9.68. The van der Waals surface area contributed by atoms with Gasteiger partial charge in [-0.05, 0) is 26.3 Å². The minimum atomic E-state index is 0.451. The number of aromatic nitrogens is 2. The van der Waals surface area contributed by atoms with Crippen LogP contribution in [0.5, 0.6) is 0 Å². The van der Waals surface area contributed by atoms with Crippen LogP contribution in [0, 0.1) is 6.92 Å². The van der Waals surface area contributed by atoms with Gasteiger partial charge in [-0.3, -0.25) is 0 Å². The molecule has 0 aliphatic heterocycles. The van der Waals surface area contributed by atoms with E-state index in [1.54, 1.807) is 6.20 Å². The van der Waals surface area contributed by atoms with Crippen molar-refractivity contribution in [3.63, 3.8) is 0 Å². The highest BCUT2D eigenvalue weighted by Gasteiger charge is 2.01. The molecule has 3 nitrogen and oxygen atoms in total. The maximum Gasteiger partial charge on any atom is 0.223 e. The van der Waals surface area contributed by atoms with E-state index in [4.69, 9.17) is 0 Å². The lowest BCUT2D eigenvalue weighted by Gasteiger charge is -2.12. The van der Waals surface area contributed by atoms with Gasteiger partial charge in [0.05, 0.1) is 0 Å². The van der Waals surface area contributed by atoms with Gasteiger partial charge in [0.25, 0.3) is 0 Å². The summed E-state index contributed by atoms with van der Waals surface area (Å²) in [7, 11) is 0. The van der Waals surface area contributed by atoms with Crippen molar-refractivity contribution in [2.75, 3.05) is 5.32 Å². The quantitative estimate of drug-likeness (QED) is 0.771. The van der Waals surface area contributed by atoms with Gasteiger partial charge in [-0.25, -0.2) is 9.97 Å². The Bertz CT molecular complexity index is 260. The third kappa shape index (κ3) is 3.40. The van der Waals surface area contributed by atoms with E-state index in [9.17, 15) is 0 Å². The van der Waals surface area contributed by atoms with Gasteiger partial charge in [-0.2, -0.15) is 0 Å². The Morgan fingerprint density at radius 3 is 2.92 bits per heavy atom. The van der Waals surface area contributed by atoms with Gasteiger partial charge in [-0.15, -0.1) is 0 Å². The summed E-state index contributed by atoms with van der Waals surface area (Å²) in [6.45, 7) is 6.29. The van der Waals surface area contributed by atoms with E-state index < -0.39 is 0 Å². The monoisotopic (exact) mass is 179 g/mol. The lowest BCUT2D eigenvalue weighted by molar-refractivity contribution is 0.683. The fourth-order valence-electron chi connectivity index (χ4n) is 1.24. The van der Waals surface area contributed by atoms with Gasteiger partial charge >= 0.3 is 0 Å². The predicted molar refractivity (Wildman–Crippen MR) is 54.8 cm³/mol. The smallest absolute Gasteiger partial charge is 0.223 e. The molecule has 3 heteroatoms. The summed E-state index contributed by atoms with van der Waals surface area (Å²) in [5.74, 6) is 0.737. The summed E-state index contributed by atoms with van der Waals surface area (Å²) in [4.78, 5) is 8.41. The Hall–Kier alpha value is -1.12. The summed E-state index contributed by atoms with van der Waals surface area (Å²) in [6, 6.07) is 2.35. The van der Waals surface area contributed by atoms with Gasteiger partial charge < -0.3 is 5.32 Å². The van der Waals surface area contributed by atoms with Gasteiger partial charge in [0, 0.05) is 17.9 Å². The van der Waals surface area contributed by atoms with Gasteiger partial charge in [0.1, 0.15) is 0 Å². The molecule has 1 rings (SSSR count). The highest BCUT2D eigenvalue weighted by Crippen LogP contribution is 2.04.